The summed E-state index contributed by atoms with van der Waals surface area (Å²) in [6, 6.07) is 38.3. The number of nitrogens with zero attached hydrogens (tertiary/aromatic N) is 1. The lowest BCUT2D eigenvalue weighted by molar-refractivity contribution is -0.168. The molecular weight excluding hydrogens is 683 g/mol. The van der Waals surface area contributed by atoms with E-state index < -0.39 is 27.7 Å². The lowest BCUT2D eigenvalue weighted by atomic mass is 9.77. The van der Waals surface area contributed by atoms with E-state index in [-0.39, 0.29) is 28.1 Å². The number of benzene rings is 5. The SMILES string of the molecule is CC(=O)Oc1ccccc1C(=O)O.CCC(=O)O[C@](Cc1ccccc1)(c1ccccc1)[C@H](C)CN(C)C.O=S(=O)(O)c1ccc2ccccc2c1. The zero-order valence-corrected chi connectivity index (χ0v) is 30.7. The number of esters is 2. The third-order valence-corrected chi connectivity index (χ3v) is 8.83. The van der Waals surface area contributed by atoms with Gasteiger partial charge in [0, 0.05) is 32.2 Å². The van der Waals surface area contributed by atoms with Gasteiger partial charge in [0.05, 0.1) is 4.90 Å². The Bertz CT molecular complexity index is 2030. The number of carboxylic acid groups (broad SMARTS) is 1. The number of carbonyl (C=O) groups is 3. The first-order valence-electron chi connectivity index (χ1n) is 16.6. The van der Waals surface area contributed by atoms with Crippen molar-refractivity contribution in [3.8, 4) is 5.75 Å². The molecule has 2 N–H and O–H groups in total. The van der Waals surface area contributed by atoms with Gasteiger partial charge in [-0.1, -0.05) is 117 Å². The molecular formula is C41H45NO9S. The highest BCUT2D eigenvalue weighted by Gasteiger charge is 2.42. The summed E-state index contributed by atoms with van der Waals surface area (Å²) in [5.74, 6) is -1.60. The summed E-state index contributed by atoms with van der Waals surface area (Å²) in [7, 11) is 0.00971. The van der Waals surface area contributed by atoms with Crippen molar-refractivity contribution in [2.24, 2.45) is 5.92 Å². The number of hydrogen-bond acceptors (Lipinski definition) is 8. The van der Waals surface area contributed by atoms with Gasteiger partial charge in [-0.15, -0.1) is 0 Å². The van der Waals surface area contributed by atoms with Crippen LogP contribution in [0.4, 0.5) is 0 Å². The molecule has 0 aromatic heterocycles. The molecule has 5 aromatic carbocycles. The molecule has 0 fully saturated rings. The number of fused-ring (bicyclic) bond motifs is 1. The second-order valence-electron chi connectivity index (χ2n) is 12.3. The quantitative estimate of drug-likeness (QED) is 0.0789. The first-order chi connectivity index (χ1) is 24.7. The van der Waals surface area contributed by atoms with E-state index in [4.69, 9.17) is 14.4 Å². The monoisotopic (exact) mass is 727 g/mol. The molecule has 274 valence electrons. The second kappa shape index (κ2) is 19.3. The molecule has 0 heterocycles. The van der Waals surface area contributed by atoms with E-state index in [2.05, 4.69) is 54.9 Å². The van der Waals surface area contributed by atoms with E-state index in [9.17, 15) is 22.8 Å². The standard InChI is InChI=1S/C22H29NO2.C10H8O3S.C9H8O4/c1-5-21(24)25-22(18(2)17-23(3)4,20-14-10-7-11-15-20)16-19-12-8-6-9-13-19;11-14(12,13)10-6-5-8-3-1-2-4-9(8)7-10;1-6(10)13-8-5-3-2-4-7(8)9(11)12/h6-15,18H,5,16-17H2,1-4H3;1-7H,(H,11,12,13);2-5H,1H3,(H,11,12)/t18-,22+;;/m1../s1. The highest BCUT2D eigenvalue weighted by molar-refractivity contribution is 7.85. The molecule has 0 spiro atoms. The summed E-state index contributed by atoms with van der Waals surface area (Å²) in [5, 5.41) is 10.4. The lowest BCUT2D eigenvalue weighted by Crippen LogP contribution is -2.44. The molecule has 11 heteroatoms. The molecule has 52 heavy (non-hydrogen) atoms. The molecule has 0 aliphatic heterocycles. The number of para-hydroxylation sites is 1. The Balaban J connectivity index is 0.000000228. The normalized spacial score (nSPS) is 12.6. The molecule has 5 aromatic rings. The van der Waals surface area contributed by atoms with Crippen LogP contribution in [0.25, 0.3) is 10.8 Å². The van der Waals surface area contributed by atoms with Crippen LogP contribution in [0.3, 0.4) is 0 Å². The third-order valence-electron chi connectivity index (χ3n) is 7.98. The zero-order chi connectivity index (χ0) is 38.3. The predicted molar refractivity (Wildman–Crippen MR) is 201 cm³/mol. The highest BCUT2D eigenvalue weighted by Crippen LogP contribution is 2.38. The van der Waals surface area contributed by atoms with Crippen LogP contribution >= 0.6 is 0 Å². The van der Waals surface area contributed by atoms with Gasteiger partial charge in [-0.3, -0.25) is 14.1 Å². The molecule has 0 aliphatic rings. The molecule has 0 bridgehead atoms. The number of rotatable bonds is 11. The van der Waals surface area contributed by atoms with E-state index in [1.54, 1.807) is 24.3 Å². The van der Waals surface area contributed by atoms with Crippen LogP contribution in [-0.4, -0.2) is 61.5 Å². The van der Waals surface area contributed by atoms with Crippen molar-refractivity contribution in [2.75, 3.05) is 20.6 Å². The fraction of sp³-hybridized carbons (Fsp3) is 0.244. The van der Waals surface area contributed by atoms with Crippen LogP contribution in [0.2, 0.25) is 0 Å². The number of hydrogen-bond donors (Lipinski definition) is 2. The molecule has 0 aliphatic carbocycles. The van der Waals surface area contributed by atoms with Crippen LogP contribution in [0.15, 0.2) is 132 Å². The molecule has 0 unspecified atom stereocenters. The molecule has 0 saturated heterocycles. The van der Waals surface area contributed by atoms with Gasteiger partial charge in [0.25, 0.3) is 10.1 Å². The van der Waals surface area contributed by atoms with Crippen LogP contribution in [0.1, 0.15) is 48.7 Å². The summed E-state index contributed by atoms with van der Waals surface area (Å²) in [6.45, 7) is 6.06. The maximum Gasteiger partial charge on any atom is 0.339 e. The minimum atomic E-state index is -4.09. The number of carbonyl (C=O) groups excluding carboxylic acids is 2. The molecule has 0 amide bonds. The maximum absolute atomic E-state index is 12.3. The summed E-state index contributed by atoms with van der Waals surface area (Å²) >= 11 is 0. The Kier molecular flexibility index (Phi) is 15.2. The van der Waals surface area contributed by atoms with Crippen molar-refractivity contribution < 1.29 is 41.9 Å². The number of aromatic carboxylic acids is 1. The Hall–Kier alpha value is -5.36. The first-order valence-corrected chi connectivity index (χ1v) is 18.0. The summed E-state index contributed by atoms with van der Waals surface area (Å²) in [5.41, 5.74) is 1.52. The van der Waals surface area contributed by atoms with E-state index >= 15 is 0 Å². The molecule has 0 saturated carbocycles. The smallest absolute Gasteiger partial charge is 0.339 e. The van der Waals surface area contributed by atoms with Gasteiger partial charge < -0.3 is 19.5 Å². The third kappa shape index (κ3) is 12.2. The van der Waals surface area contributed by atoms with Crippen molar-refractivity contribution in [1.29, 1.82) is 0 Å². The van der Waals surface area contributed by atoms with Gasteiger partial charge in [0.2, 0.25) is 0 Å². The zero-order valence-electron chi connectivity index (χ0n) is 29.9. The number of ether oxygens (including phenoxy) is 2. The van der Waals surface area contributed by atoms with E-state index in [0.29, 0.717) is 12.8 Å². The van der Waals surface area contributed by atoms with Gasteiger partial charge in [-0.05, 0) is 60.3 Å². The second-order valence-corrected chi connectivity index (χ2v) is 13.7. The maximum atomic E-state index is 12.3. The average Bonchev–Trinajstić information content (AvgIpc) is 3.11. The summed E-state index contributed by atoms with van der Waals surface area (Å²) in [4.78, 5) is 35.6. The Morgan fingerprint density at radius 1 is 0.788 bits per heavy atom. The Morgan fingerprint density at radius 3 is 1.90 bits per heavy atom. The van der Waals surface area contributed by atoms with Gasteiger partial charge in [-0.25, -0.2) is 4.79 Å². The van der Waals surface area contributed by atoms with Crippen molar-refractivity contribution in [3.63, 3.8) is 0 Å². The number of carboxylic acids is 1. The fourth-order valence-corrected chi connectivity index (χ4v) is 6.08. The van der Waals surface area contributed by atoms with Gasteiger partial charge in [-0.2, -0.15) is 8.42 Å². The topological polar surface area (TPSA) is 148 Å². The van der Waals surface area contributed by atoms with Crippen LogP contribution in [0, 0.1) is 5.92 Å². The molecule has 10 nitrogen and oxygen atoms in total. The Labute approximate surface area is 305 Å². The minimum Gasteiger partial charge on any atom is -0.478 e. The van der Waals surface area contributed by atoms with Crippen molar-refractivity contribution in [1.82, 2.24) is 4.90 Å². The van der Waals surface area contributed by atoms with Crippen molar-refractivity contribution in [2.45, 2.75) is 44.1 Å². The summed E-state index contributed by atoms with van der Waals surface area (Å²) in [6.07, 6.45) is 1.04. The molecule has 5 rings (SSSR count). The van der Waals surface area contributed by atoms with Crippen LogP contribution < -0.4 is 4.74 Å². The van der Waals surface area contributed by atoms with Gasteiger partial charge >= 0.3 is 17.9 Å². The van der Waals surface area contributed by atoms with E-state index in [1.165, 1.54) is 36.8 Å². The fourth-order valence-electron chi connectivity index (χ4n) is 5.56. The highest BCUT2D eigenvalue weighted by atomic mass is 32.2. The van der Waals surface area contributed by atoms with Crippen LogP contribution in [-0.2, 0) is 36.5 Å². The van der Waals surface area contributed by atoms with Gasteiger partial charge in [0.15, 0.2) is 0 Å². The van der Waals surface area contributed by atoms with Gasteiger partial charge in [0.1, 0.15) is 16.9 Å². The van der Waals surface area contributed by atoms with E-state index in [1.807, 2.05) is 61.5 Å². The minimum absolute atomic E-state index is 0.0160. The molecule has 0 radical (unpaired) electrons. The van der Waals surface area contributed by atoms with Crippen LogP contribution in [0.5, 0.6) is 5.75 Å². The first kappa shape index (κ1) is 41.1. The predicted octanol–water partition coefficient (Wildman–Crippen LogP) is 7.67. The van der Waals surface area contributed by atoms with Crippen molar-refractivity contribution >= 4 is 38.8 Å². The lowest BCUT2D eigenvalue weighted by Gasteiger charge is -2.40. The van der Waals surface area contributed by atoms with Crippen molar-refractivity contribution in [3.05, 3.63) is 144 Å². The average molecular weight is 728 g/mol. The molecule has 2 atom stereocenters. The summed E-state index contributed by atoms with van der Waals surface area (Å²) < 4.78 is 41.3. The Morgan fingerprint density at radius 2 is 1.35 bits per heavy atom. The van der Waals surface area contributed by atoms with E-state index in [0.717, 1.165) is 22.9 Å². The largest absolute Gasteiger partial charge is 0.478 e.